The highest BCUT2D eigenvalue weighted by Crippen LogP contribution is 2.37. The second-order valence-corrected chi connectivity index (χ2v) is 10.5. The van der Waals surface area contributed by atoms with E-state index < -0.39 is 11.9 Å². The third-order valence-corrected chi connectivity index (χ3v) is 7.90. The smallest absolute Gasteiger partial charge is 0.321 e. The van der Waals surface area contributed by atoms with E-state index in [0.29, 0.717) is 22.1 Å². The predicted octanol–water partition coefficient (Wildman–Crippen LogP) is 3.65. The zero-order chi connectivity index (χ0) is 22.2. The number of fused-ring (bicyclic) bond motifs is 3. The average molecular weight is 469 g/mol. The largest absolute Gasteiger partial charge is 0.335 e. The Balaban J connectivity index is 1.48. The molecule has 1 atom stereocenters. The maximum absolute atomic E-state index is 13.7. The minimum absolute atomic E-state index is 0.00894. The number of hydrogen-bond donors (Lipinski definition) is 2. The first-order valence-corrected chi connectivity index (χ1v) is 12.7. The minimum Gasteiger partial charge on any atom is -0.335 e. The van der Waals surface area contributed by atoms with Crippen molar-refractivity contribution in [1.29, 1.82) is 0 Å². The fraction of sp³-hybridized carbons (Fsp3) is 0.391. The van der Waals surface area contributed by atoms with Gasteiger partial charge in [-0.2, -0.15) is 0 Å². The molecule has 2 aliphatic rings. The van der Waals surface area contributed by atoms with Crippen molar-refractivity contribution >= 4 is 45.3 Å². The lowest BCUT2D eigenvalue weighted by Crippen LogP contribution is -2.41. The summed E-state index contributed by atoms with van der Waals surface area (Å²) in [5.41, 5.74) is 1.75. The zero-order valence-corrected chi connectivity index (χ0v) is 19.4. The number of nitrogens with zero attached hydrogens (tertiary/aromatic N) is 2. The van der Waals surface area contributed by atoms with E-state index in [0.717, 1.165) is 42.5 Å². The molecule has 0 radical (unpaired) electrons. The van der Waals surface area contributed by atoms with Crippen LogP contribution in [0.4, 0.5) is 4.79 Å². The first kappa shape index (κ1) is 21.2. The molecule has 32 heavy (non-hydrogen) atoms. The van der Waals surface area contributed by atoms with Gasteiger partial charge >= 0.3 is 6.03 Å². The fourth-order valence-electron chi connectivity index (χ4n) is 4.01. The number of benzene rings is 1. The van der Waals surface area contributed by atoms with E-state index in [1.54, 1.807) is 15.9 Å². The zero-order valence-electron chi connectivity index (χ0n) is 17.7. The molecule has 1 aromatic carbocycles. The van der Waals surface area contributed by atoms with Gasteiger partial charge in [0.05, 0.1) is 16.8 Å². The molecule has 1 saturated carbocycles. The summed E-state index contributed by atoms with van der Waals surface area (Å²) in [7, 11) is 0. The average Bonchev–Trinajstić information content (AvgIpc) is 3.50. The van der Waals surface area contributed by atoms with Crippen LogP contribution < -0.4 is 16.2 Å². The number of amides is 3. The number of carbonyl (C=O) groups is 2. The number of carbonyl (C=O) groups excluding carboxylic acids is 2. The maximum atomic E-state index is 13.7. The molecule has 7 nitrogen and oxygen atoms in total. The molecule has 3 aromatic rings. The van der Waals surface area contributed by atoms with E-state index in [4.69, 9.17) is 4.98 Å². The highest BCUT2D eigenvalue weighted by molar-refractivity contribution is 7.99. The highest BCUT2D eigenvalue weighted by atomic mass is 32.2. The Morgan fingerprint density at radius 3 is 2.75 bits per heavy atom. The van der Waals surface area contributed by atoms with Crippen LogP contribution in [0.2, 0.25) is 0 Å². The summed E-state index contributed by atoms with van der Waals surface area (Å²) in [6.07, 6.45) is 4.85. The van der Waals surface area contributed by atoms with E-state index >= 15 is 0 Å². The van der Waals surface area contributed by atoms with Gasteiger partial charge in [0.1, 0.15) is 4.83 Å². The number of aryl methyl sites for hydroxylation is 1. The van der Waals surface area contributed by atoms with E-state index in [9.17, 15) is 14.4 Å². The lowest BCUT2D eigenvalue weighted by atomic mass is 9.89. The molecule has 2 aliphatic carbocycles. The first-order valence-electron chi connectivity index (χ1n) is 10.9. The number of rotatable bonds is 5. The summed E-state index contributed by atoms with van der Waals surface area (Å²) in [5.74, 6) is 0.179. The second kappa shape index (κ2) is 8.71. The standard InChI is InChI=1S/C23H24N4O3S2/c1-13-7-10-16-17(11-13)32-20-19(16)21(29)27(15-5-3-2-4-6-15)23(26-20)31-12-18(28)25-22(30)24-14-8-9-14/h2-6,13-14H,7-12H2,1H3,(H2,24,25,28,30). The van der Waals surface area contributed by atoms with Gasteiger partial charge in [-0.15, -0.1) is 11.3 Å². The quantitative estimate of drug-likeness (QED) is 0.440. The third kappa shape index (κ3) is 4.31. The van der Waals surface area contributed by atoms with E-state index in [1.165, 1.54) is 16.6 Å². The SMILES string of the molecule is CC1CCc2c(sc3nc(SCC(=O)NC(=O)NC4CC4)n(-c4ccccc4)c(=O)c23)C1. The molecule has 1 unspecified atom stereocenters. The van der Waals surface area contributed by atoms with Crippen LogP contribution in [0.15, 0.2) is 40.3 Å². The van der Waals surface area contributed by atoms with Gasteiger partial charge < -0.3 is 5.32 Å². The molecule has 1 fully saturated rings. The lowest BCUT2D eigenvalue weighted by molar-refractivity contribution is -0.117. The van der Waals surface area contributed by atoms with Gasteiger partial charge in [0.2, 0.25) is 5.91 Å². The Labute approximate surface area is 193 Å². The Kier molecular flexibility index (Phi) is 5.77. The molecule has 3 amide bonds. The van der Waals surface area contributed by atoms with E-state index in [1.807, 2.05) is 30.3 Å². The van der Waals surface area contributed by atoms with Crippen LogP contribution in [-0.4, -0.2) is 33.3 Å². The van der Waals surface area contributed by atoms with Crippen LogP contribution in [0, 0.1) is 5.92 Å². The van der Waals surface area contributed by atoms with Crippen LogP contribution in [0.3, 0.4) is 0 Å². The van der Waals surface area contributed by atoms with Gasteiger partial charge in [0.25, 0.3) is 5.56 Å². The Morgan fingerprint density at radius 1 is 1.22 bits per heavy atom. The van der Waals surface area contributed by atoms with Gasteiger partial charge in [0.15, 0.2) is 5.16 Å². The highest BCUT2D eigenvalue weighted by Gasteiger charge is 2.26. The Morgan fingerprint density at radius 2 is 2.00 bits per heavy atom. The van der Waals surface area contributed by atoms with Gasteiger partial charge in [-0.3, -0.25) is 19.5 Å². The van der Waals surface area contributed by atoms with Crippen LogP contribution >= 0.6 is 23.1 Å². The minimum atomic E-state index is -0.470. The van der Waals surface area contributed by atoms with Crippen LogP contribution in [0.1, 0.15) is 36.6 Å². The topological polar surface area (TPSA) is 93.1 Å². The van der Waals surface area contributed by atoms with Crippen molar-refractivity contribution in [3.05, 3.63) is 51.1 Å². The molecule has 5 rings (SSSR count). The second-order valence-electron chi connectivity index (χ2n) is 8.49. The number of thioether (sulfide) groups is 1. The summed E-state index contributed by atoms with van der Waals surface area (Å²) < 4.78 is 1.59. The van der Waals surface area contributed by atoms with Crippen molar-refractivity contribution in [3.63, 3.8) is 0 Å². The van der Waals surface area contributed by atoms with Gasteiger partial charge in [-0.25, -0.2) is 9.78 Å². The molecule has 0 spiro atoms. The summed E-state index contributed by atoms with van der Waals surface area (Å²) in [4.78, 5) is 44.6. The molecule has 2 N–H and O–H groups in total. The summed E-state index contributed by atoms with van der Waals surface area (Å²) in [6.45, 7) is 2.24. The number of aromatic nitrogens is 2. The number of imide groups is 1. The van der Waals surface area contributed by atoms with Crippen molar-refractivity contribution in [2.45, 2.75) is 50.2 Å². The number of thiophene rings is 1. The van der Waals surface area contributed by atoms with Gasteiger partial charge in [-0.05, 0) is 55.7 Å². The Hall–Kier alpha value is -2.65. The Bertz CT molecular complexity index is 1250. The van der Waals surface area contributed by atoms with Gasteiger partial charge in [-0.1, -0.05) is 36.9 Å². The monoisotopic (exact) mass is 468 g/mol. The number of urea groups is 1. The lowest BCUT2D eigenvalue weighted by Gasteiger charge is -2.17. The summed E-state index contributed by atoms with van der Waals surface area (Å²) in [6, 6.07) is 9.08. The van der Waals surface area contributed by atoms with Gasteiger partial charge in [0, 0.05) is 10.9 Å². The molecule has 0 aliphatic heterocycles. The van der Waals surface area contributed by atoms with Crippen LogP contribution in [0.5, 0.6) is 0 Å². The van der Waals surface area contributed by atoms with Crippen molar-refractivity contribution < 1.29 is 9.59 Å². The molecule has 2 heterocycles. The number of hydrogen-bond acceptors (Lipinski definition) is 6. The van der Waals surface area contributed by atoms with Crippen molar-refractivity contribution in [2.24, 2.45) is 5.92 Å². The van der Waals surface area contributed by atoms with Crippen LogP contribution in [-0.2, 0) is 17.6 Å². The summed E-state index contributed by atoms with van der Waals surface area (Å²) >= 11 is 2.76. The fourth-order valence-corrected chi connectivity index (χ4v) is 6.25. The third-order valence-electron chi connectivity index (χ3n) is 5.81. The van der Waals surface area contributed by atoms with Crippen molar-refractivity contribution in [2.75, 3.05) is 5.75 Å². The van der Waals surface area contributed by atoms with E-state index in [-0.39, 0.29) is 17.4 Å². The number of nitrogens with one attached hydrogen (secondary N) is 2. The molecule has 0 bridgehead atoms. The predicted molar refractivity (Wildman–Crippen MR) is 127 cm³/mol. The van der Waals surface area contributed by atoms with Crippen molar-refractivity contribution in [1.82, 2.24) is 20.2 Å². The van der Waals surface area contributed by atoms with E-state index in [2.05, 4.69) is 17.6 Å². The molecular weight excluding hydrogens is 444 g/mol. The normalized spacial score (nSPS) is 17.7. The number of para-hydroxylation sites is 1. The molecular formula is C23H24N4O3S2. The molecule has 0 saturated heterocycles. The van der Waals surface area contributed by atoms with Crippen molar-refractivity contribution in [3.8, 4) is 5.69 Å². The molecule has 166 valence electrons. The maximum Gasteiger partial charge on any atom is 0.321 e. The van der Waals surface area contributed by atoms with Crippen LogP contribution in [0.25, 0.3) is 15.9 Å². The molecule has 9 heteroatoms. The first-order chi connectivity index (χ1) is 15.5. The summed E-state index contributed by atoms with van der Waals surface area (Å²) in [5, 5.41) is 6.25. The molecule has 2 aromatic heterocycles.